The van der Waals surface area contributed by atoms with Crippen molar-refractivity contribution in [2.45, 2.75) is 57.2 Å². The minimum Gasteiger partial charge on any atom is -0.353 e. The lowest BCUT2D eigenvalue weighted by Crippen LogP contribution is -2.50. The third-order valence-electron chi connectivity index (χ3n) is 5.99. The van der Waals surface area contributed by atoms with Crippen molar-refractivity contribution in [3.05, 3.63) is 18.0 Å². The van der Waals surface area contributed by atoms with Gasteiger partial charge in [-0.25, -0.2) is 0 Å². The van der Waals surface area contributed by atoms with Crippen molar-refractivity contribution in [3.8, 4) is 0 Å². The number of hydrogen-bond donors (Lipinski definition) is 1. The van der Waals surface area contributed by atoms with Gasteiger partial charge in [0.2, 0.25) is 5.91 Å². The lowest BCUT2D eigenvalue weighted by Gasteiger charge is -2.42. The summed E-state index contributed by atoms with van der Waals surface area (Å²) in [5, 5.41) is 7.47. The number of rotatable bonds is 5. The van der Waals surface area contributed by atoms with Crippen molar-refractivity contribution in [1.29, 1.82) is 0 Å². The van der Waals surface area contributed by atoms with Crippen LogP contribution in [-0.4, -0.2) is 63.8 Å². The Bertz CT molecular complexity index is 588. The fourth-order valence-electron chi connectivity index (χ4n) is 4.35. The summed E-state index contributed by atoms with van der Waals surface area (Å²) >= 11 is 0. The Labute approximate surface area is 150 Å². The topological polar surface area (TPSA) is 53.4 Å². The van der Waals surface area contributed by atoms with Gasteiger partial charge in [0.05, 0.1) is 12.1 Å². The zero-order valence-electron chi connectivity index (χ0n) is 15.4. The molecule has 4 rings (SSSR count). The third-order valence-corrected chi connectivity index (χ3v) is 5.99. The number of carbonyl (C=O) groups excluding carboxylic acids is 1. The number of piperidine rings is 2. The van der Waals surface area contributed by atoms with Crippen molar-refractivity contribution >= 4 is 5.91 Å². The smallest absolute Gasteiger partial charge is 0.224 e. The molecule has 0 radical (unpaired) electrons. The van der Waals surface area contributed by atoms with E-state index >= 15 is 0 Å². The van der Waals surface area contributed by atoms with Gasteiger partial charge in [-0.2, -0.15) is 5.10 Å². The average molecular weight is 345 g/mol. The Morgan fingerprint density at radius 2 is 2.00 bits per heavy atom. The van der Waals surface area contributed by atoms with E-state index in [0.717, 1.165) is 32.6 Å². The Balaban J connectivity index is 1.24. The highest BCUT2D eigenvalue weighted by atomic mass is 16.2. The molecule has 1 amide bonds. The molecule has 1 atom stereocenters. The molecule has 1 N–H and O–H groups in total. The maximum atomic E-state index is 12.4. The Kier molecular flexibility index (Phi) is 5.08. The van der Waals surface area contributed by atoms with Crippen LogP contribution < -0.4 is 5.32 Å². The molecule has 6 nitrogen and oxygen atoms in total. The normalized spacial score (nSPS) is 26.7. The van der Waals surface area contributed by atoms with Gasteiger partial charge in [-0.3, -0.25) is 19.3 Å². The van der Waals surface area contributed by atoms with Crippen LogP contribution >= 0.6 is 0 Å². The Morgan fingerprint density at radius 3 is 2.68 bits per heavy atom. The van der Waals surface area contributed by atoms with Crippen LogP contribution in [0.15, 0.2) is 12.4 Å². The van der Waals surface area contributed by atoms with Crippen LogP contribution in [0.5, 0.6) is 0 Å². The predicted molar refractivity (Wildman–Crippen MR) is 97.0 cm³/mol. The number of amides is 1. The van der Waals surface area contributed by atoms with E-state index in [4.69, 9.17) is 0 Å². The fraction of sp³-hybridized carbons (Fsp3) is 0.789. The van der Waals surface area contributed by atoms with Crippen LogP contribution in [0.1, 0.15) is 44.1 Å². The summed E-state index contributed by atoms with van der Waals surface area (Å²) in [5.74, 6) is 0.518. The highest BCUT2D eigenvalue weighted by Gasteiger charge is 2.33. The van der Waals surface area contributed by atoms with Crippen LogP contribution in [0.3, 0.4) is 0 Å². The van der Waals surface area contributed by atoms with E-state index in [1.807, 2.05) is 17.9 Å². The van der Waals surface area contributed by atoms with Gasteiger partial charge in [-0.05, 0) is 58.2 Å². The number of hydrogen-bond acceptors (Lipinski definition) is 4. The van der Waals surface area contributed by atoms with E-state index in [1.54, 1.807) is 0 Å². The third kappa shape index (κ3) is 4.42. The molecular formula is C19H31N5O. The summed E-state index contributed by atoms with van der Waals surface area (Å²) in [6, 6.07) is 1.14. The molecule has 3 aliphatic rings. The molecule has 0 unspecified atom stereocenters. The van der Waals surface area contributed by atoms with E-state index in [-0.39, 0.29) is 5.92 Å². The van der Waals surface area contributed by atoms with Gasteiger partial charge in [0, 0.05) is 44.0 Å². The van der Waals surface area contributed by atoms with Crippen molar-refractivity contribution in [3.63, 3.8) is 0 Å². The van der Waals surface area contributed by atoms with Crippen LogP contribution in [0, 0.1) is 5.92 Å². The summed E-state index contributed by atoms with van der Waals surface area (Å²) in [7, 11) is 1.97. The summed E-state index contributed by atoms with van der Waals surface area (Å²) < 4.78 is 1.88. The molecule has 0 aromatic carbocycles. The molecule has 0 spiro atoms. The van der Waals surface area contributed by atoms with Gasteiger partial charge in [0.15, 0.2) is 0 Å². The fourth-order valence-corrected chi connectivity index (χ4v) is 4.35. The lowest BCUT2D eigenvalue weighted by atomic mass is 9.93. The predicted octanol–water partition coefficient (Wildman–Crippen LogP) is 1.38. The second-order valence-corrected chi connectivity index (χ2v) is 8.15. The monoisotopic (exact) mass is 345 g/mol. The molecule has 1 saturated carbocycles. The zero-order chi connectivity index (χ0) is 17.2. The van der Waals surface area contributed by atoms with E-state index in [9.17, 15) is 4.79 Å². The maximum Gasteiger partial charge on any atom is 0.224 e. The molecule has 6 heteroatoms. The first-order chi connectivity index (χ1) is 12.2. The summed E-state index contributed by atoms with van der Waals surface area (Å²) in [4.78, 5) is 17.5. The second kappa shape index (κ2) is 7.46. The van der Waals surface area contributed by atoms with Crippen molar-refractivity contribution in [2.24, 2.45) is 13.0 Å². The summed E-state index contributed by atoms with van der Waals surface area (Å²) in [5.41, 5.74) is 1.30. The second-order valence-electron chi connectivity index (χ2n) is 8.15. The van der Waals surface area contributed by atoms with E-state index < -0.39 is 0 Å². The molecule has 2 saturated heterocycles. The minimum absolute atomic E-state index is 0.211. The van der Waals surface area contributed by atoms with Crippen molar-refractivity contribution in [1.82, 2.24) is 24.9 Å². The molecule has 1 aromatic heterocycles. The molecule has 1 aliphatic carbocycles. The minimum atomic E-state index is 0.211. The molecule has 2 aliphatic heterocycles. The van der Waals surface area contributed by atoms with Crippen molar-refractivity contribution in [2.75, 3.05) is 26.2 Å². The Morgan fingerprint density at radius 1 is 1.20 bits per heavy atom. The molecule has 138 valence electrons. The summed E-state index contributed by atoms with van der Waals surface area (Å²) in [6.07, 6.45) is 11.1. The summed E-state index contributed by atoms with van der Waals surface area (Å²) in [6.45, 7) is 5.43. The van der Waals surface area contributed by atoms with Crippen LogP contribution in [0.25, 0.3) is 0 Å². The number of nitrogens with zero attached hydrogens (tertiary/aromatic N) is 4. The molecule has 3 heterocycles. The zero-order valence-corrected chi connectivity index (χ0v) is 15.4. The average Bonchev–Trinajstić information content (AvgIpc) is 3.35. The van der Waals surface area contributed by atoms with E-state index in [1.165, 1.54) is 44.2 Å². The largest absolute Gasteiger partial charge is 0.353 e. The van der Waals surface area contributed by atoms with Gasteiger partial charge in [0.25, 0.3) is 0 Å². The number of likely N-dealkylation sites (tertiary alicyclic amines) is 2. The van der Waals surface area contributed by atoms with Crippen LogP contribution in [-0.2, 0) is 18.4 Å². The van der Waals surface area contributed by atoms with E-state index in [2.05, 4.69) is 26.4 Å². The first-order valence-corrected chi connectivity index (χ1v) is 9.91. The van der Waals surface area contributed by atoms with Gasteiger partial charge >= 0.3 is 0 Å². The molecular weight excluding hydrogens is 314 g/mol. The van der Waals surface area contributed by atoms with Gasteiger partial charge in [-0.15, -0.1) is 0 Å². The van der Waals surface area contributed by atoms with Gasteiger partial charge in [-0.1, -0.05) is 0 Å². The van der Waals surface area contributed by atoms with Crippen LogP contribution in [0.2, 0.25) is 0 Å². The number of aromatic nitrogens is 2. The molecule has 25 heavy (non-hydrogen) atoms. The first-order valence-electron chi connectivity index (χ1n) is 9.91. The standard InChI is InChI=1S/C19H31N5O/c1-22-12-15(11-20-22)13-23-9-6-18(7-10-23)24-8-2-3-16(14-24)19(25)21-17-4-5-17/h11-12,16-18H,2-10,13-14H2,1H3,(H,21,25)/t16-/m1/s1. The van der Waals surface area contributed by atoms with Crippen molar-refractivity contribution < 1.29 is 4.79 Å². The molecule has 1 aromatic rings. The molecule has 0 bridgehead atoms. The van der Waals surface area contributed by atoms with E-state index in [0.29, 0.717) is 18.0 Å². The highest BCUT2D eigenvalue weighted by molar-refractivity contribution is 5.79. The number of nitrogens with one attached hydrogen (secondary N) is 1. The van der Waals surface area contributed by atoms with Gasteiger partial charge in [0.1, 0.15) is 0 Å². The number of aryl methyl sites for hydroxylation is 1. The van der Waals surface area contributed by atoms with Gasteiger partial charge < -0.3 is 5.32 Å². The first kappa shape index (κ1) is 17.0. The maximum absolute atomic E-state index is 12.4. The quantitative estimate of drug-likeness (QED) is 0.876. The lowest BCUT2D eigenvalue weighted by molar-refractivity contribution is -0.127. The molecule has 3 fully saturated rings. The highest BCUT2D eigenvalue weighted by Crippen LogP contribution is 2.26. The SMILES string of the molecule is Cn1cc(CN2CCC(N3CCC[C@@H](C(=O)NC4CC4)C3)CC2)cn1. The Hall–Kier alpha value is -1.40. The van der Waals surface area contributed by atoms with Crippen LogP contribution in [0.4, 0.5) is 0 Å². The number of carbonyl (C=O) groups is 1.